The quantitative estimate of drug-likeness (QED) is 0.246. The standard InChI is InChI=1S/C18H22N4O4Si/c1-27(2,3)10-9-25-13-21-8-7-16-18(21)19-12-17(20-16)26-15-6-4-5-14(11-15)22(23)24/h4-8,11-12H,9-10,13H2,1-3H3. The maximum absolute atomic E-state index is 10.9. The molecule has 0 radical (unpaired) electrons. The number of benzene rings is 1. The van der Waals surface area contributed by atoms with Crippen LogP contribution in [0.4, 0.5) is 5.69 Å². The summed E-state index contributed by atoms with van der Waals surface area (Å²) in [4.78, 5) is 19.2. The van der Waals surface area contributed by atoms with Crippen LogP contribution in [-0.2, 0) is 11.5 Å². The zero-order valence-corrected chi connectivity index (χ0v) is 16.6. The minimum absolute atomic E-state index is 0.0387. The van der Waals surface area contributed by atoms with Gasteiger partial charge in [0.05, 0.1) is 17.2 Å². The van der Waals surface area contributed by atoms with Gasteiger partial charge in [0.2, 0.25) is 5.88 Å². The fourth-order valence-corrected chi connectivity index (χ4v) is 3.18. The lowest BCUT2D eigenvalue weighted by Gasteiger charge is -2.15. The SMILES string of the molecule is C[Si](C)(C)CCOCn1ccc2nc(Oc3cccc([N+](=O)[O-])c3)cnc21. The summed E-state index contributed by atoms with van der Waals surface area (Å²) < 4.78 is 13.3. The van der Waals surface area contributed by atoms with Gasteiger partial charge in [-0.25, -0.2) is 9.97 Å². The van der Waals surface area contributed by atoms with Gasteiger partial charge in [-0.15, -0.1) is 0 Å². The lowest BCUT2D eigenvalue weighted by Crippen LogP contribution is -2.22. The van der Waals surface area contributed by atoms with Crippen LogP contribution < -0.4 is 4.74 Å². The van der Waals surface area contributed by atoms with Gasteiger partial charge >= 0.3 is 0 Å². The number of rotatable bonds is 8. The number of non-ortho nitro benzene ring substituents is 1. The third-order valence-corrected chi connectivity index (χ3v) is 5.62. The van der Waals surface area contributed by atoms with Gasteiger partial charge in [-0.2, -0.15) is 0 Å². The van der Waals surface area contributed by atoms with Gasteiger partial charge in [0, 0.05) is 26.9 Å². The lowest BCUT2D eigenvalue weighted by molar-refractivity contribution is -0.384. The predicted octanol–water partition coefficient (Wildman–Crippen LogP) is 4.44. The van der Waals surface area contributed by atoms with E-state index in [-0.39, 0.29) is 11.6 Å². The minimum Gasteiger partial charge on any atom is -0.437 e. The van der Waals surface area contributed by atoms with Gasteiger partial charge in [0.1, 0.15) is 18.0 Å². The summed E-state index contributed by atoms with van der Waals surface area (Å²) in [5.41, 5.74) is 1.34. The van der Waals surface area contributed by atoms with Crippen molar-refractivity contribution in [3.05, 3.63) is 52.8 Å². The molecule has 0 bridgehead atoms. The van der Waals surface area contributed by atoms with Crippen LogP contribution in [0.1, 0.15) is 0 Å². The molecular formula is C18H22N4O4Si. The van der Waals surface area contributed by atoms with Gasteiger partial charge in [0.25, 0.3) is 5.69 Å². The van der Waals surface area contributed by atoms with Crippen molar-refractivity contribution in [2.24, 2.45) is 0 Å². The number of nitro benzene ring substituents is 1. The van der Waals surface area contributed by atoms with Crippen LogP contribution in [0.2, 0.25) is 25.7 Å². The van der Waals surface area contributed by atoms with E-state index in [1.165, 1.54) is 18.3 Å². The van der Waals surface area contributed by atoms with E-state index >= 15 is 0 Å². The van der Waals surface area contributed by atoms with Crippen LogP contribution in [-0.4, -0.2) is 34.1 Å². The number of aromatic nitrogens is 3. The molecule has 0 saturated carbocycles. The van der Waals surface area contributed by atoms with Crippen LogP contribution in [0.5, 0.6) is 11.6 Å². The highest BCUT2D eigenvalue weighted by Gasteiger charge is 2.13. The Balaban J connectivity index is 1.68. The molecule has 142 valence electrons. The molecule has 3 rings (SSSR count). The summed E-state index contributed by atoms with van der Waals surface area (Å²) in [6.45, 7) is 8.10. The fourth-order valence-electron chi connectivity index (χ4n) is 2.42. The van der Waals surface area contributed by atoms with Crippen molar-refractivity contribution < 1.29 is 14.4 Å². The molecule has 9 heteroatoms. The molecule has 0 fully saturated rings. The lowest BCUT2D eigenvalue weighted by atomic mass is 10.3. The second-order valence-corrected chi connectivity index (χ2v) is 13.0. The first kappa shape index (κ1) is 19.0. The maximum atomic E-state index is 10.9. The highest BCUT2D eigenvalue weighted by atomic mass is 28.3. The average molecular weight is 386 g/mol. The smallest absolute Gasteiger partial charge is 0.273 e. The normalized spacial score (nSPS) is 11.7. The van der Waals surface area contributed by atoms with Crippen molar-refractivity contribution in [1.29, 1.82) is 0 Å². The first-order chi connectivity index (χ1) is 12.8. The second kappa shape index (κ2) is 7.85. The van der Waals surface area contributed by atoms with E-state index in [2.05, 4.69) is 29.6 Å². The predicted molar refractivity (Wildman–Crippen MR) is 105 cm³/mol. The molecule has 1 aromatic carbocycles. The van der Waals surface area contributed by atoms with E-state index in [1.807, 2.05) is 16.8 Å². The van der Waals surface area contributed by atoms with E-state index in [0.29, 0.717) is 23.6 Å². The number of hydrogen-bond acceptors (Lipinski definition) is 6. The molecule has 0 aliphatic carbocycles. The Labute approximate surface area is 157 Å². The largest absolute Gasteiger partial charge is 0.437 e. The summed E-state index contributed by atoms with van der Waals surface area (Å²) in [5, 5.41) is 10.9. The Morgan fingerprint density at radius 2 is 2.07 bits per heavy atom. The van der Waals surface area contributed by atoms with E-state index in [4.69, 9.17) is 9.47 Å². The van der Waals surface area contributed by atoms with Crippen LogP contribution in [0.3, 0.4) is 0 Å². The van der Waals surface area contributed by atoms with Gasteiger partial charge in [-0.3, -0.25) is 10.1 Å². The summed E-state index contributed by atoms with van der Waals surface area (Å²) >= 11 is 0. The van der Waals surface area contributed by atoms with Crippen LogP contribution in [0, 0.1) is 10.1 Å². The molecular weight excluding hydrogens is 364 g/mol. The highest BCUT2D eigenvalue weighted by molar-refractivity contribution is 6.76. The Morgan fingerprint density at radius 3 is 2.81 bits per heavy atom. The zero-order valence-electron chi connectivity index (χ0n) is 15.6. The van der Waals surface area contributed by atoms with Crippen LogP contribution >= 0.6 is 0 Å². The molecule has 0 amide bonds. The fraction of sp³-hybridized carbons (Fsp3) is 0.333. The second-order valence-electron chi connectivity index (χ2n) is 7.41. The zero-order chi connectivity index (χ0) is 19.4. The topological polar surface area (TPSA) is 92.3 Å². The van der Waals surface area contributed by atoms with Gasteiger partial charge in [0.15, 0.2) is 5.65 Å². The number of ether oxygens (including phenoxy) is 2. The van der Waals surface area contributed by atoms with E-state index in [0.717, 1.165) is 12.7 Å². The molecule has 0 spiro atoms. The van der Waals surface area contributed by atoms with Gasteiger partial charge in [-0.1, -0.05) is 25.7 Å². The van der Waals surface area contributed by atoms with Gasteiger partial charge in [-0.05, 0) is 18.2 Å². The molecule has 2 aromatic heterocycles. The van der Waals surface area contributed by atoms with E-state index in [9.17, 15) is 10.1 Å². The summed E-state index contributed by atoms with van der Waals surface area (Å²) in [6, 6.07) is 8.90. The third-order valence-electron chi connectivity index (χ3n) is 3.92. The van der Waals surface area contributed by atoms with Crippen molar-refractivity contribution in [2.45, 2.75) is 32.4 Å². The molecule has 0 unspecified atom stereocenters. The van der Waals surface area contributed by atoms with Crippen molar-refractivity contribution in [3.63, 3.8) is 0 Å². The molecule has 0 saturated heterocycles. The first-order valence-electron chi connectivity index (χ1n) is 8.64. The van der Waals surface area contributed by atoms with Crippen LogP contribution in [0.25, 0.3) is 11.2 Å². The maximum Gasteiger partial charge on any atom is 0.273 e. The Morgan fingerprint density at radius 1 is 1.26 bits per heavy atom. The van der Waals surface area contributed by atoms with E-state index < -0.39 is 13.0 Å². The van der Waals surface area contributed by atoms with Crippen molar-refractivity contribution in [1.82, 2.24) is 14.5 Å². The third kappa shape index (κ3) is 5.11. The minimum atomic E-state index is -1.11. The van der Waals surface area contributed by atoms with Crippen molar-refractivity contribution >= 4 is 24.9 Å². The Hall–Kier alpha value is -2.78. The van der Waals surface area contributed by atoms with Gasteiger partial charge < -0.3 is 14.0 Å². The summed E-state index contributed by atoms with van der Waals surface area (Å²) in [7, 11) is -1.11. The molecule has 3 aromatic rings. The number of nitro groups is 1. The summed E-state index contributed by atoms with van der Waals surface area (Å²) in [6.07, 6.45) is 3.37. The number of hydrogen-bond donors (Lipinski definition) is 0. The molecule has 0 N–H and O–H groups in total. The number of fused-ring (bicyclic) bond motifs is 1. The first-order valence-corrected chi connectivity index (χ1v) is 12.3. The van der Waals surface area contributed by atoms with E-state index in [1.54, 1.807) is 12.1 Å². The van der Waals surface area contributed by atoms with Crippen molar-refractivity contribution in [3.8, 4) is 11.6 Å². The molecule has 8 nitrogen and oxygen atoms in total. The molecule has 27 heavy (non-hydrogen) atoms. The number of nitrogens with zero attached hydrogens (tertiary/aromatic N) is 4. The molecule has 2 heterocycles. The molecule has 0 atom stereocenters. The van der Waals surface area contributed by atoms with Crippen molar-refractivity contribution in [2.75, 3.05) is 6.61 Å². The Kier molecular flexibility index (Phi) is 5.52. The summed E-state index contributed by atoms with van der Waals surface area (Å²) in [5.74, 6) is 0.618. The highest BCUT2D eigenvalue weighted by Crippen LogP contribution is 2.25. The Bertz CT molecular complexity index is 952. The molecule has 0 aliphatic heterocycles. The average Bonchev–Trinajstić information content (AvgIpc) is 3.00. The monoisotopic (exact) mass is 386 g/mol. The van der Waals surface area contributed by atoms with Crippen LogP contribution in [0.15, 0.2) is 42.7 Å². The molecule has 0 aliphatic rings.